The van der Waals surface area contributed by atoms with E-state index in [9.17, 15) is 13.2 Å². The van der Waals surface area contributed by atoms with Crippen molar-refractivity contribution in [3.05, 3.63) is 65.4 Å². The molecule has 8 heteroatoms. The van der Waals surface area contributed by atoms with E-state index in [2.05, 4.69) is 25.8 Å². The van der Waals surface area contributed by atoms with Gasteiger partial charge in [0.05, 0.1) is 11.8 Å². The summed E-state index contributed by atoms with van der Waals surface area (Å²) >= 11 is 0. The number of hydrogen-bond acceptors (Lipinski definition) is 5. The summed E-state index contributed by atoms with van der Waals surface area (Å²) in [6.45, 7) is 3.97. The monoisotopic (exact) mass is 359 g/mol. The average Bonchev–Trinajstić information content (AvgIpc) is 2.57. The number of hydrogen-bond donors (Lipinski definition) is 2. The van der Waals surface area contributed by atoms with Gasteiger partial charge in [-0.1, -0.05) is 17.7 Å². The minimum Gasteiger partial charge on any atom is -0.339 e. The molecular formula is C18H16F3N5. The largest absolute Gasteiger partial charge is 0.416 e. The van der Waals surface area contributed by atoms with E-state index in [4.69, 9.17) is 0 Å². The van der Waals surface area contributed by atoms with Crippen LogP contribution in [0, 0.1) is 13.8 Å². The molecule has 2 N–H and O–H groups in total. The molecule has 1 heterocycles. The molecule has 0 spiro atoms. The number of rotatable bonds is 4. The molecule has 5 nitrogen and oxygen atoms in total. The second-order valence-corrected chi connectivity index (χ2v) is 5.81. The maximum Gasteiger partial charge on any atom is 0.416 e. The van der Waals surface area contributed by atoms with Gasteiger partial charge in [0.1, 0.15) is 0 Å². The number of anilines is 4. The third-order valence-corrected chi connectivity index (χ3v) is 3.67. The zero-order valence-electron chi connectivity index (χ0n) is 14.1. The Kier molecular flexibility index (Phi) is 4.75. The zero-order valence-corrected chi connectivity index (χ0v) is 14.1. The van der Waals surface area contributed by atoms with Gasteiger partial charge in [-0.05, 0) is 49.7 Å². The minimum absolute atomic E-state index is 0.286. The highest BCUT2D eigenvalue weighted by Crippen LogP contribution is 2.30. The average molecular weight is 359 g/mol. The van der Waals surface area contributed by atoms with Crippen molar-refractivity contribution >= 4 is 23.1 Å². The number of alkyl halides is 3. The van der Waals surface area contributed by atoms with E-state index in [0.29, 0.717) is 11.5 Å². The van der Waals surface area contributed by atoms with Gasteiger partial charge in [0.2, 0.25) is 5.95 Å². The lowest BCUT2D eigenvalue weighted by Gasteiger charge is -2.11. The van der Waals surface area contributed by atoms with Gasteiger partial charge in [0, 0.05) is 11.4 Å². The molecule has 0 saturated heterocycles. The smallest absolute Gasteiger partial charge is 0.339 e. The van der Waals surface area contributed by atoms with Crippen LogP contribution in [0.4, 0.5) is 36.3 Å². The molecule has 0 atom stereocenters. The first-order valence-corrected chi connectivity index (χ1v) is 7.79. The van der Waals surface area contributed by atoms with Crippen molar-refractivity contribution in [1.29, 1.82) is 0 Å². The van der Waals surface area contributed by atoms with Crippen molar-refractivity contribution in [3.63, 3.8) is 0 Å². The molecule has 0 radical (unpaired) electrons. The van der Waals surface area contributed by atoms with Crippen LogP contribution in [0.25, 0.3) is 0 Å². The lowest BCUT2D eigenvalue weighted by Crippen LogP contribution is -2.05. The summed E-state index contributed by atoms with van der Waals surface area (Å²) in [4.78, 5) is 4.28. The first kappa shape index (κ1) is 17.7. The van der Waals surface area contributed by atoms with Gasteiger partial charge in [-0.2, -0.15) is 23.3 Å². The topological polar surface area (TPSA) is 62.7 Å². The molecule has 1 aromatic heterocycles. The van der Waals surface area contributed by atoms with Crippen LogP contribution in [0.3, 0.4) is 0 Å². The van der Waals surface area contributed by atoms with Crippen LogP contribution in [-0.4, -0.2) is 15.2 Å². The minimum atomic E-state index is -4.36. The summed E-state index contributed by atoms with van der Waals surface area (Å²) in [7, 11) is 0. The van der Waals surface area contributed by atoms with Crippen LogP contribution in [-0.2, 0) is 6.18 Å². The maximum atomic E-state index is 12.6. The maximum absolute atomic E-state index is 12.6. The molecule has 0 amide bonds. The fourth-order valence-electron chi connectivity index (χ4n) is 2.38. The zero-order chi connectivity index (χ0) is 18.7. The molecule has 0 bridgehead atoms. The number of benzene rings is 2. The predicted molar refractivity (Wildman–Crippen MR) is 93.8 cm³/mol. The summed E-state index contributed by atoms with van der Waals surface area (Å²) in [5.41, 5.74) is 2.79. The molecule has 3 rings (SSSR count). The Morgan fingerprint density at radius 1 is 0.923 bits per heavy atom. The number of halogens is 3. The van der Waals surface area contributed by atoms with Crippen LogP contribution >= 0.6 is 0 Å². The molecule has 2 aromatic carbocycles. The Morgan fingerprint density at radius 2 is 1.65 bits per heavy atom. The highest BCUT2D eigenvalue weighted by Gasteiger charge is 2.29. The van der Waals surface area contributed by atoms with E-state index >= 15 is 0 Å². The lowest BCUT2D eigenvalue weighted by molar-refractivity contribution is -0.137. The third-order valence-electron chi connectivity index (χ3n) is 3.67. The standard InChI is InChI=1S/C18H16F3N5/c1-11-3-8-15(12(2)9-11)24-17-25-16(10-22-26-17)23-14-6-4-13(5-7-14)18(19,20)21/h3-10H,1-2H3,(H2,23,24,25,26). The van der Waals surface area contributed by atoms with E-state index in [1.807, 2.05) is 32.0 Å². The van der Waals surface area contributed by atoms with Crippen molar-refractivity contribution in [2.24, 2.45) is 0 Å². The van der Waals surface area contributed by atoms with Gasteiger partial charge in [-0.25, -0.2) is 0 Å². The van der Waals surface area contributed by atoms with E-state index in [1.54, 1.807) is 0 Å². The van der Waals surface area contributed by atoms with Crippen molar-refractivity contribution in [3.8, 4) is 0 Å². The number of nitrogens with one attached hydrogen (secondary N) is 2. The van der Waals surface area contributed by atoms with Gasteiger partial charge >= 0.3 is 6.18 Å². The van der Waals surface area contributed by atoms with Crippen LogP contribution in [0.5, 0.6) is 0 Å². The van der Waals surface area contributed by atoms with Crippen LogP contribution in [0.1, 0.15) is 16.7 Å². The predicted octanol–water partition coefficient (Wildman–Crippen LogP) is 4.99. The second-order valence-electron chi connectivity index (χ2n) is 5.81. The van der Waals surface area contributed by atoms with Crippen molar-refractivity contribution in [2.45, 2.75) is 20.0 Å². The molecule has 0 aliphatic carbocycles. The lowest BCUT2D eigenvalue weighted by atomic mass is 10.1. The van der Waals surface area contributed by atoms with Gasteiger partial charge < -0.3 is 10.6 Å². The van der Waals surface area contributed by atoms with Crippen molar-refractivity contribution in [2.75, 3.05) is 10.6 Å². The molecule has 3 aromatic rings. The highest BCUT2D eigenvalue weighted by atomic mass is 19.4. The first-order valence-electron chi connectivity index (χ1n) is 7.79. The summed E-state index contributed by atoms with van der Waals surface area (Å²) in [5, 5.41) is 13.8. The second kappa shape index (κ2) is 6.99. The van der Waals surface area contributed by atoms with Crippen LogP contribution in [0.15, 0.2) is 48.7 Å². The highest BCUT2D eigenvalue weighted by molar-refractivity contribution is 5.61. The Morgan fingerprint density at radius 3 is 2.31 bits per heavy atom. The molecule has 0 fully saturated rings. The first-order chi connectivity index (χ1) is 12.3. The Balaban J connectivity index is 1.75. The van der Waals surface area contributed by atoms with Crippen molar-refractivity contribution < 1.29 is 13.2 Å². The number of aryl methyl sites for hydroxylation is 2. The molecule has 134 valence electrons. The Bertz CT molecular complexity index is 907. The third kappa shape index (κ3) is 4.27. The van der Waals surface area contributed by atoms with E-state index in [0.717, 1.165) is 28.9 Å². The van der Waals surface area contributed by atoms with Gasteiger partial charge in [-0.3, -0.25) is 0 Å². The summed E-state index contributed by atoms with van der Waals surface area (Å²) < 4.78 is 37.8. The fraction of sp³-hybridized carbons (Fsp3) is 0.167. The summed E-state index contributed by atoms with van der Waals surface area (Å²) in [6, 6.07) is 10.6. The Labute approximate surface area is 148 Å². The van der Waals surface area contributed by atoms with Crippen LogP contribution < -0.4 is 10.6 Å². The SMILES string of the molecule is Cc1ccc(Nc2nncc(Nc3ccc(C(F)(F)F)cc3)n2)c(C)c1. The summed E-state index contributed by atoms with van der Waals surface area (Å²) in [6.07, 6.45) is -2.97. The van der Waals surface area contributed by atoms with E-state index in [1.165, 1.54) is 18.3 Å². The Hall–Kier alpha value is -3.16. The van der Waals surface area contributed by atoms with E-state index < -0.39 is 11.7 Å². The molecule has 0 saturated carbocycles. The van der Waals surface area contributed by atoms with Crippen molar-refractivity contribution in [1.82, 2.24) is 15.2 Å². The molecular weight excluding hydrogens is 343 g/mol. The van der Waals surface area contributed by atoms with Crippen LogP contribution in [0.2, 0.25) is 0 Å². The molecule has 0 aliphatic rings. The van der Waals surface area contributed by atoms with Gasteiger partial charge in [0.25, 0.3) is 0 Å². The normalized spacial score (nSPS) is 11.3. The quantitative estimate of drug-likeness (QED) is 0.687. The molecule has 0 aliphatic heterocycles. The summed E-state index contributed by atoms with van der Waals surface area (Å²) in [5.74, 6) is 0.654. The molecule has 0 unspecified atom stereocenters. The van der Waals surface area contributed by atoms with Gasteiger partial charge in [-0.15, -0.1) is 5.10 Å². The van der Waals surface area contributed by atoms with E-state index in [-0.39, 0.29) is 5.95 Å². The number of aromatic nitrogens is 3. The van der Waals surface area contributed by atoms with Gasteiger partial charge in [0.15, 0.2) is 5.82 Å². The number of nitrogens with zero attached hydrogens (tertiary/aromatic N) is 3. The molecule has 26 heavy (non-hydrogen) atoms. The fourth-order valence-corrected chi connectivity index (χ4v) is 2.38.